The Morgan fingerprint density at radius 3 is 2.50 bits per heavy atom. The molecule has 24 heavy (non-hydrogen) atoms. The number of carbonyl (C=O) groups is 2. The van der Waals surface area contributed by atoms with E-state index < -0.39 is 5.41 Å². The normalized spacial score (nSPS) is 15.0. The molecule has 1 aliphatic carbocycles. The quantitative estimate of drug-likeness (QED) is 0.537. The zero-order chi connectivity index (χ0) is 17.6. The average molecular weight is 332 g/mol. The van der Waals surface area contributed by atoms with Crippen LogP contribution in [-0.2, 0) is 9.59 Å². The van der Waals surface area contributed by atoms with Gasteiger partial charge in [-0.25, -0.2) is 0 Å². The Bertz CT molecular complexity index is 580. The minimum absolute atomic E-state index is 0.0137. The summed E-state index contributed by atoms with van der Waals surface area (Å²) in [5.74, 6) is 0.230. The summed E-state index contributed by atoms with van der Waals surface area (Å²) in [6, 6.07) is 7.32. The van der Waals surface area contributed by atoms with Crippen LogP contribution in [0, 0.1) is 5.41 Å². The third-order valence-corrected chi connectivity index (χ3v) is 4.18. The summed E-state index contributed by atoms with van der Waals surface area (Å²) in [5.41, 5.74) is -0.293. The molecule has 5 heteroatoms. The Morgan fingerprint density at radius 1 is 1.17 bits per heavy atom. The predicted octanol–water partition coefficient (Wildman–Crippen LogP) is 3.50. The van der Waals surface area contributed by atoms with Crippen molar-refractivity contribution in [3.8, 4) is 5.75 Å². The van der Waals surface area contributed by atoms with Crippen LogP contribution in [0.25, 0.3) is 0 Å². The van der Waals surface area contributed by atoms with E-state index in [4.69, 9.17) is 4.74 Å². The van der Waals surface area contributed by atoms with Gasteiger partial charge < -0.3 is 15.4 Å². The molecule has 0 unspecified atom stereocenters. The summed E-state index contributed by atoms with van der Waals surface area (Å²) < 4.78 is 5.72. The largest absolute Gasteiger partial charge is 0.489 e. The highest BCUT2D eigenvalue weighted by Crippen LogP contribution is 2.47. The van der Waals surface area contributed by atoms with E-state index in [0.29, 0.717) is 30.8 Å². The Labute approximate surface area is 144 Å². The smallest absolute Gasteiger partial charge is 0.240 e. The number of rotatable bonds is 9. The average Bonchev–Trinajstić information content (AvgIpc) is 3.34. The Hall–Kier alpha value is -2.04. The monoisotopic (exact) mass is 332 g/mol. The molecule has 0 bridgehead atoms. The molecule has 0 spiro atoms. The molecule has 1 saturated carbocycles. The van der Waals surface area contributed by atoms with Gasteiger partial charge in [-0.2, -0.15) is 0 Å². The second-order valence-electron chi connectivity index (χ2n) is 6.66. The first-order valence-corrected chi connectivity index (χ1v) is 8.85. The minimum Gasteiger partial charge on any atom is -0.489 e. The predicted molar refractivity (Wildman–Crippen MR) is 95.0 cm³/mol. The molecule has 2 amide bonds. The molecule has 0 saturated heterocycles. The maximum absolute atomic E-state index is 12.6. The highest BCUT2D eigenvalue weighted by Gasteiger charge is 2.56. The first-order valence-electron chi connectivity index (χ1n) is 8.85. The zero-order valence-electron chi connectivity index (χ0n) is 14.9. The summed E-state index contributed by atoms with van der Waals surface area (Å²) in [6.45, 7) is 6.62. The summed E-state index contributed by atoms with van der Waals surface area (Å²) in [7, 11) is 0. The fourth-order valence-electron chi connectivity index (χ4n) is 2.60. The van der Waals surface area contributed by atoms with Gasteiger partial charge in [-0.15, -0.1) is 0 Å². The highest BCUT2D eigenvalue weighted by atomic mass is 16.5. The van der Waals surface area contributed by atoms with Crippen LogP contribution in [0.5, 0.6) is 5.75 Å². The van der Waals surface area contributed by atoms with Crippen molar-refractivity contribution >= 4 is 17.5 Å². The number of unbranched alkanes of at least 4 members (excludes halogenated alkanes) is 2. The molecule has 1 fully saturated rings. The van der Waals surface area contributed by atoms with Crippen LogP contribution in [0.2, 0.25) is 0 Å². The molecule has 0 heterocycles. The van der Waals surface area contributed by atoms with Crippen LogP contribution in [-0.4, -0.2) is 24.5 Å². The molecule has 1 aliphatic rings. The van der Waals surface area contributed by atoms with Gasteiger partial charge in [0.05, 0.1) is 11.8 Å². The van der Waals surface area contributed by atoms with Crippen molar-refractivity contribution < 1.29 is 14.3 Å². The Balaban J connectivity index is 1.98. The van der Waals surface area contributed by atoms with Gasteiger partial charge in [-0.05, 0) is 45.2 Å². The number of carbonyl (C=O) groups excluding carboxylic acids is 2. The lowest BCUT2D eigenvalue weighted by molar-refractivity contribution is -0.134. The van der Waals surface area contributed by atoms with Gasteiger partial charge in [0.25, 0.3) is 0 Å². The van der Waals surface area contributed by atoms with Crippen LogP contribution in [0.1, 0.15) is 52.9 Å². The fourth-order valence-corrected chi connectivity index (χ4v) is 2.60. The molecule has 5 nitrogen and oxygen atoms in total. The van der Waals surface area contributed by atoms with E-state index in [2.05, 4.69) is 17.6 Å². The second-order valence-corrected chi connectivity index (χ2v) is 6.66. The van der Waals surface area contributed by atoms with Crippen molar-refractivity contribution in [2.75, 3.05) is 11.9 Å². The number of hydrogen-bond donors (Lipinski definition) is 2. The first kappa shape index (κ1) is 18.3. The van der Waals surface area contributed by atoms with Crippen LogP contribution < -0.4 is 15.4 Å². The number of ether oxygens (including phenoxy) is 1. The molecule has 1 aromatic rings. The standard InChI is InChI=1S/C19H28N2O3/c1-4-5-8-13-20-17(22)19(11-12-19)18(23)21-15-9-6-7-10-16(15)24-14(2)3/h6-7,9-10,14H,4-5,8,11-13H2,1-3H3,(H,20,22)(H,21,23). The highest BCUT2D eigenvalue weighted by molar-refractivity contribution is 6.13. The number of amides is 2. The Morgan fingerprint density at radius 2 is 1.88 bits per heavy atom. The van der Waals surface area contributed by atoms with E-state index in [1.54, 1.807) is 6.07 Å². The first-order chi connectivity index (χ1) is 11.5. The van der Waals surface area contributed by atoms with Crippen LogP contribution in [0.4, 0.5) is 5.69 Å². The molecule has 2 rings (SSSR count). The summed E-state index contributed by atoms with van der Waals surface area (Å²) in [6.07, 6.45) is 4.36. The molecule has 0 radical (unpaired) electrons. The Kier molecular flexibility index (Phi) is 6.23. The van der Waals surface area contributed by atoms with E-state index in [-0.39, 0.29) is 17.9 Å². The maximum Gasteiger partial charge on any atom is 0.240 e. The molecule has 0 atom stereocenters. The molecule has 132 valence electrons. The van der Waals surface area contributed by atoms with Crippen molar-refractivity contribution in [1.82, 2.24) is 5.32 Å². The van der Waals surface area contributed by atoms with E-state index in [1.165, 1.54) is 0 Å². The van der Waals surface area contributed by atoms with Gasteiger partial charge in [0.2, 0.25) is 11.8 Å². The lowest BCUT2D eigenvalue weighted by atomic mass is 10.0. The number of anilines is 1. The van der Waals surface area contributed by atoms with Crippen LogP contribution >= 0.6 is 0 Å². The maximum atomic E-state index is 12.6. The third kappa shape index (κ3) is 4.49. The summed E-state index contributed by atoms with van der Waals surface area (Å²) in [4.78, 5) is 25.0. The van der Waals surface area contributed by atoms with E-state index >= 15 is 0 Å². The summed E-state index contributed by atoms with van der Waals surface area (Å²) >= 11 is 0. The van der Waals surface area contributed by atoms with Gasteiger partial charge in [-0.1, -0.05) is 31.9 Å². The minimum atomic E-state index is -0.906. The molecule has 0 aromatic heterocycles. The molecule has 0 aliphatic heterocycles. The van der Waals surface area contributed by atoms with Gasteiger partial charge in [0, 0.05) is 6.54 Å². The van der Waals surface area contributed by atoms with Crippen molar-refractivity contribution in [3.63, 3.8) is 0 Å². The van der Waals surface area contributed by atoms with Gasteiger partial charge in [0.15, 0.2) is 0 Å². The van der Waals surface area contributed by atoms with Crippen LogP contribution in [0.3, 0.4) is 0 Å². The summed E-state index contributed by atoms with van der Waals surface area (Å²) in [5, 5.41) is 5.78. The fraction of sp³-hybridized carbons (Fsp3) is 0.579. The lowest BCUT2D eigenvalue weighted by Crippen LogP contribution is -2.40. The van der Waals surface area contributed by atoms with Gasteiger partial charge in [0.1, 0.15) is 11.2 Å². The number of para-hydroxylation sites is 2. The van der Waals surface area contributed by atoms with Crippen molar-refractivity contribution in [1.29, 1.82) is 0 Å². The number of nitrogens with one attached hydrogen (secondary N) is 2. The molecule has 1 aromatic carbocycles. The zero-order valence-corrected chi connectivity index (χ0v) is 14.9. The SMILES string of the molecule is CCCCCNC(=O)C1(C(=O)Nc2ccccc2OC(C)C)CC1. The lowest BCUT2D eigenvalue weighted by Gasteiger charge is -2.18. The van der Waals surface area contributed by atoms with Crippen LogP contribution in [0.15, 0.2) is 24.3 Å². The van der Waals surface area contributed by atoms with Gasteiger partial charge in [-0.3, -0.25) is 9.59 Å². The van der Waals surface area contributed by atoms with E-state index in [0.717, 1.165) is 19.3 Å². The van der Waals surface area contributed by atoms with E-state index in [1.807, 2.05) is 32.0 Å². The second kappa shape index (κ2) is 8.18. The van der Waals surface area contributed by atoms with E-state index in [9.17, 15) is 9.59 Å². The molecule has 2 N–H and O–H groups in total. The van der Waals surface area contributed by atoms with Crippen molar-refractivity contribution in [2.45, 2.75) is 59.0 Å². The number of hydrogen-bond acceptors (Lipinski definition) is 3. The van der Waals surface area contributed by atoms with Crippen molar-refractivity contribution in [3.05, 3.63) is 24.3 Å². The third-order valence-electron chi connectivity index (χ3n) is 4.18. The topological polar surface area (TPSA) is 67.4 Å². The molecular weight excluding hydrogens is 304 g/mol. The number of benzene rings is 1. The van der Waals surface area contributed by atoms with Gasteiger partial charge >= 0.3 is 0 Å². The molecular formula is C19H28N2O3. The van der Waals surface area contributed by atoms with Crippen molar-refractivity contribution in [2.24, 2.45) is 5.41 Å².